The minimum absolute atomic E-state index is 0.410. The quantitative estimate of drug-likeness (QED) is 0.263. The smallest absolute Gasteiger partial charge is 0.0774 e. The molecule has 3 rings (SSSR count). The van der Waals surface area contributed by atoms with E-state index in [1.165, 1.54) is 57.6 Å². The Bertz CT molecular complexity index is 1060. The molecule has 1 aromatic heterocycles. The molecule has 4 nitrogen and oxygen atoms in total. The van der Waals surface area contributed by atoms with Crippen LogP contribution in [-0.2, 0) is 11.1 Å². The zero-order valence-corrected chi connectivity index (χ0v) is 21.7. The Morgan fingerprint density at radius 1 is 1.15 bits per heavy atom. The van der Waals surface area contributed by atoms with Crippen LogP contribution in [0.4, 0.5) is 0 Å². The van der Waals surface area contributed by atoms with Gasteiger partial charge in [0.05, 0.1) is 4.21 Å². The van der Waals surface area contributed by atoms with Crippen LogP contribution in [0.2, 0.25) is 0 Å². The third-order valence-corrected chi connectivity index (χ3v) is 7.39. The number of thiophene rings is 1. The molecule has 0 saturated carbocycles. The Morgan fingerprint density at radius 3 is 2.48 bits per heavy atom. The molecule has 1 unspecified atom stereocenters. The van der Waals surface area contributed by atoms with Crippen LogP contribution in [0.5, 0.6) is 0 Å². The highest BCUT2D eigenvalue weighted by molar-refractivity contribution is 7.81. The first-order valence-electron chi connectivity index (χ1n) is 11.3. The van der Waals surface area contributed by atoms with Crippen molar-refractivity contribution < 1.29 is 8.76 Å². The van der Waals surface area contributed by atoms with Crippen LogP contribution < -0.4 is 5.73 Å². The van der Waals surface area contributed by atoms with E-state index in [4.69, 9.17) is 5.73 Å². The molecule has 33 heavy (non-hydrogen) atoms. The van der Waals surface area contributed by atoms with Gasteiger partial charge in [-0.1, -0.05) is 48.4 Å². The van der Waals surface area contributed by atoms with Gasteiger partial charge in [-0.15, -0.1) is 11.3 Å². The van der Waals surface area contributed by atoms with Crippen LogP contribution in [-0.4, -0.2) is 28.6 Å². The van der Waals surface area contributed by atoms with Gasteiger partial charge in [-0.2, -0.15) is 0 Å². The normalized spacial score (nSPS) is 16.1. The summed E-state index contributed by atoms with van der Waals surface area (Å²) in [5.74, 6) is 0. The molecule has 1 aliphatic rings. The van der Waals surface area contributed by atoms with Crippen LogP contribution in [0.25, 0.3) is 5.57 Å². The van der Waals surface area contributed by atoms with Crippen molar-refractivity contribution in [3.05, 3.63) is 81.3 Å². The largest absolute Gasteiger partial charge is 0.768 e. The van der Waals surface area contributed by atoms with Gasteiger partial charge in [-0.3, -0.25) is 9.20 Å². The zero-order chi connectivity index (χ0) is 24.2. The number of unbranched alkanes of at least 4 members (excludes halogenated alkanes) is 2. The lowest BCUT2D eigenvalue weighted by molar-refractivity contribution is 0.539. The van der Waals surface area contributed by atoms with E-state index in [-0.39, 0.29) is 0 Å². The lowest BCUT2D eigenvalue weighted by atomic mass is 9.86. The van der Waals surface area contributed by atoms with E-state index in [1.807, 2.05) is 20.2 Å². The molecule has 1 aromatic carbocycles. The highest BCUT2D eigenvalue weighted by Crippen LogP contribution is 2.33. The van der Waals surface area contributed by atoms with E-state index in [2.05, 4.69) is 55.3 Å². The van der Waals surface area contributed by atoms with Gasteiger partial charge in [0.2, 0.25) is 0 Å². The van der Waals surface area contributed by atoms with Crippen molar-refractivity contribution >= 4 is 34.2 Å². The molecule has 0 spiro atoms. The molecule has 178 valence electrons. The second-order valence-corrected chi connectivity index (χ2v) is 10.6. The molecule has 0 radical (unpaired) electrons. The third kappa shape index (κ3) is 8.97. The fourth-order valence-electron chi connectivity index (χ4n) is 3.71. The molecule has 1 atom stereocenters. The average molecular weight is 484 g/mol. The molecule has 2 aromatic rings. The summed E-state index contributed by atoms with van der Waals surface area (Å²) in [4.78, 5) is 5.21. The molecule has 6 heteroatoms. The van der Waals surface area contributed by atoms with Crippen molar-refractivity contribution in [3.63, 3.8) is 0 Å². The first-order chi connectivity index (χ1) is 15.8. The standard InChI is InChI=1S/C22H30N2.C5H6O2S2/c1-17-9-6-7-11-22(17)21-14-19(10-5-4-8-12-23)13-20(15-21)18(2)16-24-3;1-4-2-3-5(8-4)9(6)7/h6-7,9,11,14-16H,4-5,8,10,12-13,23H2,1-3H3;2-3H,1H3,(H,6,7)/p-1/b20-18+,24-16?;. The predicted molar refractivity (Wildman–Crippen MR) is 143 cm³/mol. The van der Waals surface area contributed by atoms with E-state index >= 15 is 0 Å². The molecule has 1 heterocycles. The lowest BCUT2D eigenvalue weighted by Gasteiger charge is -2.19. The minimum atomic E-state index is -2.04. The summed E-state index contributed by atoms with van der Waals surface area (Å²) >= 11 is -0.756. The molecule has 0 bridgehead atoms. The van der Waals surface area contributed by atoms with Crippen molar-refractivity contribution in [1.29, 1.82) is 0 Å². The van der Waals surface area contributed by atoms with Crippen LogP contribution in [0, 0.1) is 13.8 Å². The SMILES string of the molecule is CN=C/C(C)=C1/C=C(c2ccccc2C)C=C(CCCCCN)C1.Cc1ccc(S(=O)[O-])s1. The third-order valence-electron chi connectivity index (χ3n) is 5.47. The number of hydrogen-bond acceptors (Lipinski definition) is 5. The Labute approximate surface area is 205 Å². The van der Waals surface area contributed by atoms with Gasteiger partial charge in [0.25, 0.3) is 0 Å². The van der Waals surface area contributed by atoms with Gasteiger partial charge in [0, 0.05) is 18.1 Å². The Balaban J connectivity index is 0.000000357. The van der Waals surface area contributed by atoms with Crippen molar-refractivity contribution in [3.8, 4) is 0 Å². The molecule has 1 aliphatic carbocycles. The van der Waals surface area contributed by atoms with Gasteiger partial charge < -0.3 is 10.3 Å². The summed E-state index contributed by atoms with van der Waals surface area (Å²) < 4.78 is 20.9. The highest BCUT2D eigenvalue weighted by Gasteiger charge is 2.13. The second kappa shape index (κ2) is 14.2. The number of aliphatic imine (C=N–C) groups is 1. The molecular weight excluding hydrogens is 448 g/mol. The topological polar surface area (TPSA) is 78.5 Å². The van der Waals surface area contributed by atoms with Gasteiger partial charge in [-0.05, 0) is 104 Å². The van der Waals surface area contributed by atoms with E-state index in [9.17, 15) is 8.76 Å². The van der Waals surface area contributed by atoms with Crippen molar-refractivity contribution in [2.75, 3.05) is 13.6 Å². The predicted octanol–water partition coefficient (Wildman–Crippen LogP) is 6.54. The molecule has 2 N–H and O–H groups in total. The van der Waals surface area contributed by atoms with Gasteiger partial charge in [0.1, 0.15) is 0 Å². The maximum absolute atomic E-state index is 10.2. The average Bonchev–Trinajstić information content (AvgIpc) is 3.24. The van der Waals surface area contributed by atoms with Crippen molar-refractivity contribution in [1.82, 2.24) is 0 Å². The number of hydrogen-bond donors (Lipinski definition) is 1. The Morgan fingerprint density at radius 2 is 1.91 bits per heavy atom. The molecule has 0 amide bonds. The number of allylic oxidation sites excluding steroid dienone is 6. The summed E-state index contributed by atoms with van der Waals surface area (Å²) in [6, 6.07) is 12.0. The summed E-state index contributed by atoms with van der Waals surface area (Å²) in [5.41, 5.74) is 13.8. The monoisotopic (exact) mass is 483 g/mol. The maximum Gasteiger partial charge on any atom is 0.0774 e. The maximum atomic E-state index is 10.2. The van der Waals surface area contributed by atoms with Crippen LogP contribution in [0.3, 0.4) is 0 Å². The van der Waals surface area contributed by atoms with Crippen LogP contribution in [0.15, 0.2) is 74.5 Å². The van der Waals surface area contributed by atoms with Gasteiger partial charge >= 0.3 is 0 Å². The summed E-state index contributed by atoms with van der Waals surface area (Å²) in [5, 5.41) is 0. The number of nitrogens with zero attached hydrogens (tertiary/aromatic N) is 1. The fraction of sp³-hybridized carbons (Fsp3) is 0.370. The van der Waals surface area contributed by atoms with Crippen molar-refractivity contribution in [2.24, 2.45) is 10.7 Å². The molecule has 0 fully saturated rings. The zero-order valence-electron chi connectivity index (χ0n) is 20.1. The van der Waals surface area contributed by atoms with Crippen molar-refractivity contribution in [2.45, 2.75) is 57.1 Å². The summed E-state index contributed by atoms with van der Waals surface area (Å²) in [6.07, 6.45) is 12.5. The first-order valence-corrected chi connectivity index (χ1v) is 13.2. The molecule has 0 aliphatic heterocycles. The number of nitrogens with two attached hydrogens (primary N) is 1. The summed E-state index contributed by atoms with van der Waals surface area (Å²) in [6.45, 7) is 7.01. The summed E-state index contributed by atoms with van der Waals surface area (Å²) in [7, 11) is 1.84. The van der Waals surface area contributed by atoms with E-state index < -0.39 is 11.1 Å². The second-order valence-electron chi connectivity index (χ2n) is 8.19. The number of benzene rings is 1. The number of rotatable bonds is 8. The Kier molecular flexibility index (Phi) is 11.7. The Hall–Kier alpha value is -2.12. The van der Waals surface area contributed by atoms with E-state index in [0.717, 1.165) is 30.7 Å². The fourth-order valence-corrected chi connectivity index (χ4v) is 5.15. The highest BCUT2D eigenvalue weighted by atomic mass is 32.2. The van der Waals surface area contributed by atoms with E-state index in [0.29, 0.717) is 4.21 Å². The van der Waals surface area contributed by atoms with Crippen LogP contribution >= 0.6 is 11.3 Å². The first kappa shape index (κ1) is 27.1. The van der Waals surface area contributed by atoms with Gasteiger partial charge in [0.15, 0.2) is 0 Å². The lowest BCUT2D eigenvalue weighted by Crippen LogP contribution is -2.01. The number of aryl methyl sites for hydroxylation is 2. The van der Waals surface area contributed by atoms with E-state index in [1.54, 1.807) is 12.1 Å². The molecule has 0 saturated heterocycles. The molecular formula is C27H35N2O2S2-. The van der Waals surface area contributed by atoms with Gasteiger partial charge in [-0.25, -0.2) is 0 Å². The minimum Gasteiger partial charge on any atom is -0.768 e. The van der Waals surface area contributed by atoms with Crippen LogP contribution in [0.1, 0.15) is 55.0 Å².